The lowest BCUT2D eigenvalue weighted by Crippen LogP contribution is -2.48. The minimum Gasteiger partial charge on any atom is -0.505 e. The summed E-state index contributed by atoms with van der Waals surface area (Å²) in [6, 6.07) is 21.6. The van der Waals surface area contributed by atoms with Gasteiger partial charge in [0.15, 0.2) is 24.1 Å². The second-order valence-electron chi connectivity index (χ2n) is 7.41. The van der Waals surface area contributed by atoms with Crippen molar-refractivity contribution >= 4 is 11.5 Å². The summed E-state index contributed by atoms with van der Waals surface area (Å²) in [7, 11) is 3.15. The Balaban J connectivity index is 1.66. The first kappa shape index (κ1) is 21.8. The molecule has 166 valence electrons. The van der Waals surface area contributed by atoms with Gasteiger partial charge < -0.3 is 24.6 Å². The van der Waals surface area contributed by atoms with Crippen LogP contribution in [0.1, 0.15) is 27.5 Å². The number of anilines is 1. The van der Waals surface area contributed by atoms with Gasteiger partial charge in [-0.1, -0.05) is 60.7 Å². The lowest BCUT2D eigenvalue weighted by Gasteiger charge is -2.36. The van der Waals surface area contributed by atoms with Crippen molar-refractivity contribution in [3.63, 3.8) is 0 Å². The number of aromatic hydroxyl groups is 1. The first-order chi connectivity index (χ1) is 15.6. The number of hydrogen-bond acceptors (Lipinski definition) is 7. The SMILES string of the molecule is COC(CNC1Oc2ccc(C(=O)c3ccccc3)c(O)c2NC1c1ccccc1)OC. The molecule has 0 aromatic heterocycles. The second-order valence-corrected chi connectivity index (χ2v) is 7.41. The highest BCUT2D eigenvalue weighted by atomic mass is 16.7. The van der Waals surface area contributed by atoms with Crippen LogP contribution in [0, 0.1) is 0 Å². The smallest absolute Gasteiger partial charge is 0.196 e. The zero-order chi connectivity index (χ0) is 22.5. The van der Waals surface area contributed by atoms with Gasteiger partial charge in [-0.2, -0.15) is 0 Å². The summed E-state index contributed by atoms with van der Waals surface area (Å²) < 4.78 is 16.7. The van der Waals surface area contributed by atoms with Crippen LogP contribution in [-0.2, 0) is 9.47 Å². The van der Waals surface area contributed by atoms with Crippen molar-refractivity contribution in [1.29, 1.82) is 0 Å². The number of phenols is 1. The van der Waals surface area contributed by atoms with Crippen LogP contribution in [0.5, 0.6) is 11.5 Å². The molecule has 1 aliphatic rings. The Hall–Kier alpha value is -3.39. The summed E-state index contributed by atoms with van der Waals surface area (Å²) in [6.45, 7) is 0.397. The van der Waals surface area contributed by atoms with Crippen molar-refractivity contribution < 1.29 is 24.1 Å². The van der Waals surface area contributed by atoms with Crippen molar-refractivity contribution in [2.45, 2.75) is 18.6 Å². The standard InChI is InChI=1S/C25H26N2O5/c1-30-20(31-2)15-26-25-21(16-9-5-3-6-10-16)27-22-19(32-25)14-13-18(24(22)29)23(28)17-11-7-4-8-12-17/h3-14,20-21,25-27,29H,15H2,1-2H3. The number of fused-ring (bicyclic) bond motifs is 1. The van der Waals surface area contributed by atoms with Crippen molar-refractivity contribution in [2.24, 2.45) is 0 Å². The van der Waals surface area contributed by atoms with E-state index >= 15 is 0 Å². The molecule has 2 unspecified atom stereocenters. The second kappa shape index (κ2) is 9.82. The fourth-order valence-electron chi connectivity index (χ4n) is 3.73. The van der Waals surface area contributed by atoms with Crippen LogP contribution >= 0.6 is 0 Å². The molecule has 0 bridgehead atoms. The van der Waals surface area contributed by atoms with Crippen molar-refractivity contribution in [3.8, 4) is 11.5 Å². The molecule has 0 aliphatic carbocycles. The highest BCUT2D eigenvalue weighted by Crippen LogP contribution is 2.44. The van der Waals surface area contributed by atoms with Gasteiger partial charge in [-0.15, -0.1) is 0 Å². The maximum Gasteiger partial charge on any atom is 0.196 e. The molecule has 1 heterocycles. The highest BCUT2D eigenvalue weighted by Gasteiger charge is 2.34. The average molecular weight is 434 g/mol. The van der Waals surface area contributed by atoms with Crippen molar-refractivity contribution in [3.05, 3.63) is 89.5 Å². The Morgan fingerprint density at radius 2 is 1.69 bits per heavy atom. The summed E-state index contributed by atoms with van der Waals surface area (Å²) in [5.41, 5.74) is 2.06. The highest BCUT2D eigenvalue weighted by molar-refractivity contribution is 6.11. The Bertz CT molecular complexity index is 1050. The summed E-state index contributed by atoms with van der Waals surface area (Å²) in [5.74, 6) is 0.0535. The van der Waals surface area contributed by atoms with Crippen LogP contribution in [-0.4, -0.2) is 44.2 Å². The number of carbonyl (C=O) groups excluding carboxylic acids is 1. The van der Waals surface area contributed by atoms with E-state index in [1.54, 1.807) is 50.6 Å². The summed E-state index contributed by atoms with van der Waals surface area (Å²) in [6.07, 6.45) is -0.900. The van der Waals surface area contributed by atoms with Crippen molar-refractivity contribution in [2.75, 3.05) is 26.1 Å². The fourth-order valence-corrected chi connectivity index (χ4v) is 3.73. The maximum absolute atomic E-state index is 12.9. The number of benzene rings is 3. The Kier molecular flexibility index (Phi) is 6.70. The minimum absolute atomic E-state index is 0.137. The predicted octanol–water partition coefficient (Wildman–Crippen LogP) is 3.70. The van der Waals surface area contributed by atoms with Gasteiger partial charge in [-0.3, -0.25) is 10.1 Å². The van der Waals surface area contributed by atoms with Gasteiger partial charge in [0, 0.05) is 26.3 Å². The van der Waals surface area contributed by atoms with Crippen LogP contribution < -0.4 is 15.4 Å². The van der Waals surface area contributed by atoms with Crippen LogP contribution in [0.25, 0.3) is 0 Å². The average Bonchev–Trinajstić information content (AvgIpc) is 2.85. The molecule has 2 atom stereocenters. The van der Waals surface area contributed by atoms with Gasteiger partial charge in [-0.25, -0.2) is 0 Å². The van der Waals surface area contributed by atoms with Crippen LogP contribution in [0.15, 0.2) is 72.8 Å². The zero-order valence-corrected chi connectivity index (χ0v) is 17.9. The molecule has 3 aromatic carbocycles. The van der Waals surface area contributed by atoms with Crippen LogP contribution in [0.2, 0.25) is 0 Å². The first-order valence-corrected chi connectivity index (χ1v) is 10.3. The lowest BCUT2D eigenvalue weighted by molar-refractivity contribution is -0.104. The van der Waals surface area contributed by atoms with E-state index in [0.29, 0.717) is 23.5 Å². The minimum atomic E-state index is -0.465. The van der Waals surface area contributed by atoms with E-state index in [0.717, 1.165) is 5.56 Å². The summed E-state index contributed by atoms with van der Waals surface area (Å²) in [4.78, 5) is 12.9. The van der Waals surface area contributed by atoms with E-state index in [9.17, 15) is 9.90 Å². The molecule has 0 radical (unpaired) electrons. The molecule has 32 heavy (non-hydrogen) atoms. The van der Waals surface area contributed by atoms with Crippen molar-refractivity contribution in [1.82, 2.24) is 5.32 Å². The third-order valence-corrected chi connectivity index (χ3v) is 5.45. The normalized spacial score (nSPS) is 17.3. The number of ether oxygens (including phenoxy) is 3. The van der Waals surface area contributed by atoms with E-state index in [1.807, 2.05) is 36.4 Å². The van der Waals surface area contributed by atoms with Gasteiger partial charge in [0.2, 0.25) is 0 Å². The predicted molar refractivity (Wildman–Crippen MR) is 121 cm³/mol. The molecular formula is C25H26N2O5. The number of methoxy groups -OCH3 is 2. The monoisotopic (exact) mass is 434 g/mol. The summed E-state index contributed by atoms with van der Waals surface area (Å²) >= 11 is 0. The Morgan fingerprint density at radius 3 is 2.34 bits per heavy atom. The molecule has 4 rings (SSSR count). The van der Waals surface area contributed by atoms with Crippen LogP contribution in [0.3, 0.4) is 0 Å². The molecule has 0 saturated heterocycles. The molecule has 7 heteroatoms. The molecule has 0 spiro atoms. The van der Waals surface area contributed by atoms with Gasteiger partial charge in [0.1, 0.15) is 17.5 Å². The third kappa shape index (κ3) is 4.45. The fraction of sp³-hybridized carbons (Fsp3) is 0.240. The molecule has 7 nitrogen and oxygen atoms in total. The van der Waals surface area contributed by atoms with Gasteiger partial charge >= 0.3 is 0 Å². The molecule has 1 aliphatic heterocycles. The number of nitrogens with one attached hydrogen (secondary N) is 2. The van der Waals surface area contributed by atoms with E-state index in [4.69, 9.17) is 14.2 Å². The van der Waals surface area contributed by atoms with Gasteiger partial charge in [-0.05, 0) is 17.7 Å². The number of hydrogen-bond donors (Lipinski definition) is 3. The third-order valence-electron chi connectivity index (χ3n) is 5.45. The first-order valence-electron chi connectivity index (χ1n) is 10.3. The quantitative estimate of drug-likeness (QED) is 0.283. The summed E-state index contributed by atoms with van der Waals surface area (Å²) in [5, 5.41) is 17.7. The topological polar surface area (TPSA) is 89.1 Å². The molecule has 0 fully saturated rings. The van der Waals surface area contributed by atoms with Gasteiger partial charge in [0.25, 0.3) is 0 Å². The molecule has 0 saturated carbocycles. The van der Waals surface area contributed by atoms with E-state index < -0.39 is 12.5 Å². The molecule has 3 N–H and O–H groups in total. The number of rotatable bonds is 8. The number of carbonyl (C=O) groups is 1. The largest absolute Gasteiger partial charge is 0.505 e. The Morgan fingerprint density at radius 1 is 1.03 bits per heavy atom. The lowest BCUT2D eigenvalue weighted by atomic mass is 9.98. The molecular weight excluding hydrogens is 408 g/mol. The Labute approximate surface area is 186 Å². The molecule has 0 amide bonds. The zero-order valence-electron chi connectivity index (χ0n) is 17.9. The van der Waals surface area contributed by atoms with Gasteiger partial charge in [0.05, 0.1) is 5.56 Å². The van der Waals surface area contributed by atoms with E-state index in [-0.39, 0.29) is 23.1 Å². The number of phenolic OH excluding ortho intramolecular Hbond substituents is 1. The molecule has 3 aromatic rings. The number of ketones is 1. The maximum atomic E-state index is 12.9. The van der Waals surface area contributed by atoms with E-state index in [1.165, 1.54) is 0 Å². The van der Waals surface area contributed by atoms with E-state index in [2.05, 4.69) is 10.6 Å². The van der Waals surface area contributed by atoms with Crippen LogP contribution in [0.4, 0.5) is 5.69 Å².